The minimum atomic E-state index is -0.177. The maximum absolute atomic E-state index is 12.4. The summed E-state index contributed by atoms with van der Waals surface area (Å²) in [5.41, 5.74) is 0.453. The van der Waals surface area contributed by atoms with E-state index in [2.05, 4.69) is 20.6 Å². The van der Waals surface area contributed by atoms with Gasteiger partial charge < -0.3 is 15.2 Å². The molecule has 0 saturated heterocycles. The lowest BCUT2D eigenvalue weighted by molar-refractivity contribution is -0.126. The van der Waals surface area contributed by atoms with Crippen LogP contribution in [0, 0.1) is 5.92 Å². The van der Waals surface area contributed by atoms with Crippen molar-refractivity contribution in [3.8, 4) is 0 Å². The van der Waals surface area contributed by atoms with E-state index in [0.29, 0.717) is 17.1 Å². The second-order valence-corrected chi connectivity index (χ2v) is 7.20. The zero-order valence-electron chi connectivity index (χ0n) is 15.3. The number of nitrogens with zero attached hydrogens (tertiary/aromatic N) is 3. The van der Waals surface area contributed by atoms with Gasteiger partial charge in [0.05, 0.1) is 17.1 Å². The molecule has 144 valence electrons. The van der Waals surface area contributed by atoms with Crippen molar-refractivity contribution >= 4 is 23.4 Å². The molecule has 2 heterocycles. The van der Waals surface area contributed by atoms with Gasteiger partial charge in [-0.1, -0.05) is 11.6 Å². The Labute approximate surface area is 163 Å². The standard InChI is InChI=1S/C19H24ClN5O2/c1-2-25-8-7-22-17(25)12-23-18(26)13-3-5-16(6-4-13)24-19(27)14-9-15(20)11-21-10-14/h7-11,13,16H,2-6,12H2,1H3,(H,23,26)(H,24,27). The van der Waals surface area contributed by atoms with E-state index in [0.717, 1.165) is 38.1 Å². The number of hydrogen-bond donors (Lipinski definition) is 2. The van der Waals surface area contributed by atoms with Crippen molar-refractivity contribution in [3.63, 3.8) is 0 Å². The van der Waals surface area contributed by atoms with Crippen molar-refractivity contribution in [2.45, 2.75) is 51.7 Å². The van der Waals surface area contributed by atoms with E-state index >= 15 is 0 Å². The third-order valence-corrected chi connectivity index (χ3v) is 5.17. The predicted octanol–water partition coefficient (Wildman–Crippen LogP) is 2.56. The van der Waals surface area contributed by atoms with Gasteiger partial charge in [-0.3, -0.25) is 14.6 Å². The molecule has 0 unspecified atom stereocenters. The van der Waals surface area contributed by atoms with Crippen molar-refractivity contribution < 1.29 is 9.59 Å². The van der Waals surface area contributed by atoms with Crippen LogP contribution in [0.25, 0.3) is 0 Å². The fraction of sp³-hybridized carbons (Fsp3) is 0.474. The maximum Gasteiger partial charge on any atom is 0.253 e. The van der Waals surface area contributed by atoms with Crippen LogP contribution in [0.15, 0.2) is 30.9 Å². The smallest absolute Gasteiger partial charge is 0.253 e. The van der Waals surface area contributed by atoms with Crippen LogP contribution < -0.4 is 10.6 Å². The molecule has 0 spiro atoms. The summed E-state index contributed by atoms with van der Waals surface area (Å²) in [5.74, 6) is 0.728. The number of aromatic nitrogens is 3. The summed E-state index contributed by atoms with van der Waals surface area (Å²) in [6, 6.07) is 1.67. The summed E-state index contributed by atoms with van der Waals surface area (Å²) in [6.07, 6.45) is 9.72. The first-order valence-corrected chi connectivity index (χ1v) is 9.63. The summed E-state index contributed by atoms with van der Waals surface area (Å²) in [7, 11) is 0. The van der Waals surface area contributed by atoms with Gasteiger partial charge in [-0.2, -0.15) is 0 Å². The molecule has 3 rings (SSSR count). The first-order valence-electron chi connectivity index (χ1n) is 9.26. The molecular weight excluding hydrogens is 366 g/mol. The summed E-state index contributed by atoms with van der Waals surface area (Å²) in [4.78, 5) is 32.9. The first-order chi connectivity index (χ1) is 13.1. The number of aryl methyl sites for hydroxylation is 1. The Morgan fingerprint density at radius 1 is 1.26 bits per heavy atom. The molecule has 0 aromatic carbocycles. The lowest BCUT2D eigenvalue weighted by Crippen LogP contribution is -2.41. The van der Waals surface area contributed by atoms with Gasteiger partial charge in [-0.15, -0.1) is 0 Å². The van der Waals surface area contributed by atoms with Crippen molar-refractivity contribution in [2.75, 3.05) is 0 Å². The van der Waals surface area contributed by atoms with Gasteiger partial charge >= 0.3 is 0 Å². The average molecular weight is 390 g/mol. The van der Waals surface area contributed by atoms with Crippen molar-refractivity contribution in [2.24, 2.45) is 5.92 Å². The van der Waals surface area contributed by atoms with Crippen LogP contribution in [0.5, 0.6) is 0 Å². The Hall–Kier alpha value is -2.41. The Morgan fingerprint density at radius 3 is 2.74 bits per heavy atom. The van der Waals surface area contributed by atoms with Gasteiger partial charge in [-0.25, -0.2) is 4.98 Å². The lowest BCUT2D eigenvalue weighted by atomic mass is 9.85. The van der Waals surface area contributed by atoms with Crippen molar-refractivity contribution in [1.29, 1.82) is 0 Å². The monoisotopic (exact) mass is 389 g/mol. The molecular formula is C19H24ClN5O2. The van der Waals surface area contributed by atoms with E-state index < -0.39 is 0 Å². The van der Waals surface area contributed by atoms with Crippen molar-refractivity contribution in [3.05, 3.63) is 47.3 Å². The van der Waals surface area contributed by atoms with Gasteiger partial charge in [0.25, 0.3) is 5.91 Å². The molecule has 2 aromatic heterocycles. The topological polar surface area (TPSA) is 88.9 Å². The van der Waals surface area contributed by atoms with E-state index in [1.807, 2.05) is 17.7 Å². The van der Waals surface area contributed by atoms with Crippen LogP contribution in [0.2, 0.25) is 5.02 Å². The van der Waals surface area contributed by atoms with Crippen LogP contribution in [-0.2, 0) is 17.9 Å². The molecule has 2 aromatic rings. The molecule has 1 aliphatic carbocycles. The molecule has 2 N–H and O–H groups in total. The number of hydrogen-bond acceptors (Lipinski definition) is 4. The SMILES string of the molecule is CCn1ccnc1CNC(=O)C1CCC(NC(=O)c2cncc(Cl)c2)CC1. The quantitative estimate of drug-likeness (QED) is 0.794. The molecule has 8 heteroatoms. The zero-order chi connectivity index (χ0) is 19.2. The highest BCUT2D eigenvalue weighted by Gasteiger charge is 2.27. The lowest BCUT2D eigenvalue weighted by Gasteiger charge is -2.28. The van der Waals surface area contributed by atoms with Crippen LogP contribution in [-0.4, -0.2) is 32.4 Å². The van der Waals surface area contributed by atoms with E-state index in [-0.39, 0.29) is 23.8 Å². The third kappa shape index (κ3) is 5.07. The fourth-order valence-electron chi connectivity index (χ4n) is 3.41. The van der Waals surface area contributed by atoms with Gasteiger partial charge in [-0.05, 0) is 38.7 Å². The highest BCUT2D eigenvalue weighted by molar-refractivity contribution is 6.30. The Kier molecular flexibility index (Phi) is 6.45. The van der Waals surface area contributed by atoms with Crippen LogP contribution in [0.1, 0.15) is 48.8 Å². The van der Waals surface area contributed by atoms with Gasteiger partial charge in [0, 0.05) is 43.3 Å². The van der Waals surface area contributed by atoms with E-state index in [4.69, 9.17) is 11.6 Å². The normalized spacial score (nSPS) is 19.5. The Balaban J connectivity index is 1.44. The average Bonchev–Trinajstić information content (AvgIpc) is 3.14. The number of carbonyl (C=O) groups is 2. The van der Waals surface area contributed by atoms with Crippen LogP contribution in [0.4, 0.5) is 0 Å². The molecule has 0 bridgehead atoms. The van der Waals surface area contributed by atoms with E-state index in [1.165, 1.54) is 12.4 Å². The van der Waals surface area contributed by atoms with Gasteiger partial charge in [0.15, 0.2) is 0 Å². The summed E-state index contributed by atoms with van der Waals surface area (Å²) in [6.45, 7) is 3.32. The molecule has 1 aliphatic rings. The molecule has 0 atom stereocenters. The number of halogens is 1. The minimum absolute atomic E-state index is 0.0176. The summed E-state index contributed by atoms with van der Waals surface area (Å²) < 4.78 is 2.01. The molecule has 7 nitrogen and oxygen atoms in total. The van der Waals surface area contributed by atoms with E-state index in [1.54, 1.807) is 12.3 Å². The summed E-state index contributed by atoms with van der Waals surface area (Å²) >= 11 is 5.88. The molecule has 2 amide bonds. The van der Waals surface area contributed by atoms with Crippen LogP contribution >= 0.6 is 11.6 Å². The Bertz CT molecular complexity index is 799. The number of carbonyl (C=O) groups excluding carboxylic acids is 2. The van der Waals surface area contributed by atoms with Gasteiger partial charge in [0.1, 0.15) is 5.82 Å². The minimum Gasteiger partial charge on any atom is -0.349 e. The molecule has 27 heavy (non-hydrogen) atoms. The Morgan fingerprint density at radius 2 is 2.04 bits per heavy atom. The van der Waals surface area contributed by atoms with E-state index in [9.17, 15) is 9.59 Å². The van der Waals surface area contributed by atoms with Crippen LogP contribution in [0.3, 0.4) is 0 Å². The van der Waals surface area contributed by atoms with Gasteiger partial charge in [0.2, 0.25) is 5.91 Å². The number of rotatable bonds is 6. The number of imidazole rings is 1. The highest BCUT2D eigenvalue weighted by Crippen LogP contribution is 2.25. The number of amides is 2. The second-order valence-electron chi connectivity index (χ2n) is 6.76. The predicted molar refractivity (Wildman–Crippen MR) is 102 cm³/mol. The zero-order valence-corrected chi connectivity index (χ0v) is 16.1. The molecule has 1 saturated carbocycles. The molecule has 0 aliphatic heterocycles. The second kappa shape index (κ2) is 8.99. The first kappa shape index (κ1) is 19.4. The number of nitrogens with one attached hydrogen (secondary N) is 2. The molecule has 1 fully saturated rings. The molecule has 0 radical (unpaired) electrons. The largest absolute Gasteiger partial charge is 0.349 e. The fourth-order valence-corrected chi connectivity index (χ4v) is 3.58. The third-order valence-electron chi connectivity index (χ3n) is 4.96. The summed E-state index contributed by atoms with van der Waals surface area (Å²) in [5, 5.41) is 6.43. The highest BCUT2D eigenvalue weighted by atomic mass is 35.5. The maximum atomic E-state index is 12.4. The number of pyridine rings is 1. The van der Waals surface area contributed by atoms with Crippen molar-refractivity contribution in [1.82, 2.24) is 25.2 Å².